The summed E-state index contributed by atoms with van der Waals surface area (Å²) >= 11 is 6.89. The van der Waals surface area contributed by atoms with Gasteiger partial charge in [0, 0.05) is 30.5 Å². The number of imide groups is 1. The van der Waals surface area contributed by atoms with Crippen molar-refractivity contribution in [3.8, 4) is 0 Å². The second-order valence-electron chi connectivity index (χ2n) is 5.94. The molecule has 1 heterocycles. The Morgan fingerprint density at radius 2 is 1.88 bits per heavy atom. The molecular weight excluding hydrogens is 370 g/mol. The average Bonchev–Trinajstić information content (AvgIpc) is 2.87. The highest BCUT2D eigenvalue weighted by Crippen LogP contribution is 2.32. The van der Waals surface area contributed by atoms with Crippen molar-refractivity contribution in [2.24, 2.45) is 0 Å². The summed E-state index contributed by atoms with van der Waals surface area (Å²) in [7, 11) is 3.93. The first-order chi connectivity index (χ1) is 12.4. The number of hydrogen-bond acceptors (Lipinski definition) is 5. The molecule has 5 nitrogen and oxygen atoms in total. The highest BCUT2D eigenvalue weighted by atomic mass is 35.5. The van der Waals surface area contributed by atoms with Gasteiger partial charge in [0.15, 0.2) is 0 Å². The standard InChI is InChI=1S/C19H18ClN3O2S/c1-22(2)16-8-6-13(7-9-16)10-17-18(24)23(19(25)26-17)12-21-15-5-3-4-14(20)11-15/h3-11,21H,12H2,1-2H3/b17-10-. The summed E-state index contributed by atoms with van der Waals surface area (Å²) in [6, 6.07) is 14.9. The average molecular weight is 388 g/mol. The molecule has 2 aromatic rings. The predicted molar refractivity (Wildman–Crippen MR) is 109 cm³/mol. The van der Waals surface area contributed by atoms with Crippen LogP contribution in [0.4, 0.5) is 16.2 Å². The van der Waals surface area contributed by atoms with E-state index in [9.17, 15) is 9.59 Å². The molecule has 0 saturated carbocycles. The van der Waals surface area contributed by atoms with Crippen molar-refractivity contribution < 1.29 is 9.59 Å². The van der Waals surface area contributed by atoms with Gasteiger partial charge in [0.1, 0.15) is 0 Å². The van der Waals surface area contributed by atoms with Crippen LogP contribution in [-0.4, -0.2) is 36.8 Å². The van der Waals surface area contributed by atoms with Gasteiger partial charge in [-0.3, -0.25) is 14.5 Å². The third kappa shape index (κ3) is 4.20. The number of benzene rings is 2. The van der Waals surface area contributed by atoms with Gasteiger partial charge in [-0.05, 0) is 53.7 Å². The Morgan fingerprint density at radius 3 is 2.54 bits per heavy atom. The molecule has 3 rings (SSSR count). The van der Waals surface area contributed by atoms with E-state index in [1.54, 1.807) is 24.3 Å². The van der Waals surface area contributed by atoms with Crippen LogP contribution in [0.15, 0.2) is 53.4 Å². The minimum absolute atomic E-state index is 0.0991. The van der Waals surface area contributed by atoms with Crippen molar-refractivity contribution in [2.45, 2.75) is 0 Å². The van der Waals surface area contributed by atoms with Crippen LogP contribution in [0.25, 0.3) is 6.08 Å². The van der Waals surface area contributed by atoms with E-state index in [2.05, 4.69) is 5.32 Å². The Balaban J connectivity index is 1.69. The molecule has 0 spiro atoms. The lowest BCUT2D eigenvalue weighted by Gasteiger charge is -2.14. The maximum Gasteiger partial charge on any atom is 0.295 e. The number of rotatable bonds is 5. The summed E-state index contributed by atoms with van der Waals surface area (Å²) in [5.74, 6) is -0.300. The van der Waals surface area contributed by atoms with E-state index in [0.29, 0.717) is 9.93 Å². The van der Waals surface area contributed by atoms with Crippen LogP contribution >= 0.6 is 23.4 Å². The van der Waals surface area contributed by atoms with Crippen LogP contribution in [0.1, 0.15) is 5.56 Å². The van der Waals surface area contributed by atoms with Crippen molar-refractivity contribution in [3.05, 3.63) is 64.0 Å². The number of carbonyl (C=O) groups excluding carboxylic acids is 2. The molecule has 0 radical (unpaired) electrons. The van der Waals surface area contributed by atoms with Gasteiger partial charge >= 0.3 is 0 Å². The zero-order chi connectivity index (χ0) is 18.7. The van der Waals surface area contributed by atoms with E-state index in [1.165, 1.54) is 4.90 Å². The molecule has 1 saturated heterocycles. The van der Waals surface area contributed by atoms with Crippen LogP contribution < -0.4 is 10.2 Å². The third-order valence-corrected chi connectivity index (χ3v) is 4.99. The van der Waals surface area contributed by atoms with E-state index in [0.717, 1.165) is 28.7 Å². The lowest BCUT2D eigenvalue weighted by atomic mass is 10.2. The van der Waals surface area contributed by atoms with Crippen LogP contribution in [0.2, 0.25) is 5.02 Å². The smallest absolute Gasteiger partial charge is 0.295 e. The van der Waals surface area contributed by atoms with Gasteiger partial charge in [0.2, 0.25) is 0 Å². The first-order valence-corrected chi connectivity index (χ1v) is 9.16. The molecule has 2 amide bonds. The Bertz CT molecular complexity index is 865. The predicted octanol–water partition coefficient (Wildman–Crippen LogP) is 4.51. The van der Waals surface area contributed by atoms with E-state index < -0.39 is 0 Å². The topological polar surface area (TPSA) is 52.7 Å². The molecule has 0 atom stereocenters. The molecule has 0 unspecified atom stereocenters. The number of nitrogens with one attached hydrogen (secondary N) is 1. The molecule has 1 aliphatic heterocycles. The fraction of sp³-hybridized carbons (Fsp3) is 0.158. The number of hydrogen-bond donors (Lipinski definition) is 1. The fourth-order valence-electron chi connectivity index (χ4n) is 2.43. The number of thioether (sulfide) groups is 1. The molecule has 0 bridgehead atoms. The van der Waals surface area contributed by atoms with Crippen LogP contribution in [0.3, 0.4) is 0 Å². The molecule has 0 aromatic heterocycles. The minimum atomic E-state index is -0.300. The number of carbonyl (C=O) groups is 2. The highest BCUT2D eigenvalue weighted by Gasteiger charge is 2.34. The van der Waals surface area contributed by atoms with Crippen LogP contribution in [0, 0.1) is 0 Å². The molecule has 134 valence electrons. The SMILES string of the molecule is CN(C)c1ccc(/C=C2\SC(=O)N(CNc3cccc(Cl)c3)C2=O)cc1. The minimum Gasteiger partial charge on any atom is -0.378 e. The number of halogens is 1. The van der Waals surface area contributed by atoms with Gasteiger partial charge in [-0.25, -0.2) is 0 Å². The Kier molecular flexibility index (Phi) is 5.54. The van der Waals surface area contributed by atoms with E-state index >= 15 is 0 Å². The van der Waals surface area contributed by atoms with Crippen LogP contribution in [0.5, 0.6) is 0 Å². The summed E-state index contributed by atoms with van der Waals surface area (Å²) in [5, 5.41) is 3.34. The summed E-state index contributed by atoms with van der Waals surface area (Å²) in [6.45, 7) is 0.0991. The van der Waals surface area contributed by atoms with Crippen molar-refractivity contribution >= 4 is 52.0 Å². The van der Waals surface area contributed by atoms with Crippen molar-refractivity contribution in [3.63, 3.8) is 0 Å². The van der Waals surface area contributed by atoms with Gasteiger partial charge in [0.25, 0.3) is 11.1 Å². The normalized spacial score (nSPS) is 15.7. The molecule has 1 aliphatic rings. The van der Waals surface area contributed by atoms with Gasteiger partial charge in [-0.2, -0.15) is 0 Å². The molecule has 2 aromatic carbocycles. The summed E-state index contributed by atoms with van der Waals surface area (Å²) in [4.78, 5) is 28.3. The molecule has 0 aliphatic carbocycles. The highest BCUT2D eigenvalue weighted by molar-refractivity contribution is 8.18. The van der Waals surface area contributed by atoms with Gasteiger partial charge < -0.3 is 10.2 Å². The fourth-order valence-corrected chi connectivity index (χ4v) is 3.45. The van der Waals surface area contributed by atoms with Crippen molar-refractivity contribution in [1.82, 2.24) is 4.90 Å². The monoisotopic (exact) mass is 387 g/mol. The quantitative estimate of drug-likeness (QED) is 0.765. The zero-order valence-electron chi connectivity index (χ0n) is 14.4. The molecule has 26 heavy (non-hydrogen) atoms. The van der Waals surface area contributed by atoms with E-state index in [1.807, 2.05) is 49.3 Å². The summed E-state index contributed by atoms with van der Waals surface area (Å²) < 4.78 is 0. The Labute approximate surface area is 161 Å². The Morgan fingerprint density at radius 1 is 1.15 bits per heavy atom. The van der Waals surface area contributed by atoms with Crippen LogP contribution in [-0.2, 0) is 4.79 Å². The van der Waals surface area contributed by atoms with Crippen molar-refractivity contribution in [2.75, 3.05) is 31.0 Å². The van der Waals surface area contributed by atoms with Crippen molar-refractivity contribution in [1.29, 1.82) is 0 Å². The van der Waals surface area contributed by atoms with Gasteiger partial charge in [0.05, 0.1) is 11.6 Å². The lowest BCUT2D eigenvalue weighted by molar-refractivity contribution is -0.122. The first kappa shape index (κ1) is 18.4. The number of anilines is 2. The third-order valence-electron chi connectivity index (χ3n) is 3.85. The largest absolute Gasteiger partial charge is 0.378 e. The maximum absolute atomic E-state index is 12.5. The second kappa shape index (κ2) is 7.85. The second-order valence-corrected chi connectivity index (χ2v) is 7.37. The molecule has 1 N–H and O–H groups in total. The first-order valence-electron chi connectivity index (χ1n) is 7.96. The zero-order valence-corrected chi connectivity index (χ0v) is 16.0. The van der Waals surface area contributed by atoms with Gasteiger partial charge in [-0.1, -0.05) is 29.8 Å². The number of nitrogens with zero attached hydrogens (tertiary/aromatic N) is 2. The van der Waals surface area contributed by atoms with Gasteiger partial charge in [-0.15, -0.1) is 0 Å². The lowest BCUT2D eigenvalue weighted by Crippen LogP contribution is -2.33. The van der Waals surface area contributed by atoms with E-state index in [4.69, 9.17) is 11.6 Å². The molecular formula is C19H18ClN3O2S. The summed E-state index contributed by atoms with van der Waals surface area (Å²) in [6.07, 6.45) is 1.74. The number of amides is 2. The molecule has 7 heteroatoms. The Hall–Kier alpha value is -2.44. The van der Waals surface area contributed by atoms with E-state index in [-0.39, 0.29) is 17.8 Å². The maximum atomic E-state index is 12.5. The molecule has 1 fully saturated rings. The summed E-state index contributed by atoms with van der Waals surface area (Å²) in [5.41, 5.74) is 2.70.